The highest BCUT2D eigenvalue weighted by Gasteiger charge is 2.05. The van der Waals surface area contributed by atoms with Crippen LogP contribution in [0.2, 0.25) is 0 Å². The van der Waals surface area contributed by atoms with E-state index in [-0.39, 0.29) is 12.3 Å². The van der Waals surface area contributed by atoms with E-state index in [4.69, 9.17) is 9.25 Å². The molecule has 98 valence electrons. The van der Waals surface area contributed by atoms with E-state index < -0.39 is 4.92 Å². The zero-order valence-electron chi connectivity index (χ0n) is 10.3. The number of furan rings is 1. The van der Waals surface area contributed by atoms with Gasteiger partial charge in [-0.05, 0) is 24.6 Å². The molecule has 0 aliphatic heterocycles. The fraction of sp³-hybridized carbons (Fsp3) is 0.154. The van der Waals surface area contributed by atoms with Gasteiger partial charge in [0, 0.05) is 12.1 Å². The third-order valence-electron chi connectivity index (χ3n) is 2.37. The smallest absolute Gasteiger partial charge is 0.269 e. The number of nitro groups is 1. The maximum Gasteiger partial charge on any atom is 0.269 e. The Balaban J connectivity index is 1.90. The fourth-order valence-electron chi connectivity index (χ4n) is 1.48. The summed E-state index contributed by atoms with van der Waals surface area (Å²) >= 11 is 0. The van der Waals surface area contributed by atoms with E-state index in [0.29, 0.717) is 11.3 Å². The Bertz CT molecular complexity index is 604. The maximum absolute atomic E-state index is 10.6. The summed E-state index contributed by atoms with van der Waals surface area (Å²) < 4.78 is 5.27. The average molecular weight is 260 g/mol. The number of benzene rings is 1. The van der Waals surface area contributed by atoms with Gasteiger partial charge in [-0.1, -0.05) is 17.3 Å². The quantitative estimate of drug-likeness (QED) is 0.470. The molecular weight excluding hydrogens is 248 g/mol. The van der Waals surface area contributed by atoms with Crippen LogP contribution in [0.4, 0.5) is 5.69 Å². The monoisotopic (exact) mass is 260 g/mol. The van der Waals surface area contributed by atoms with Crippen LogP contribution in [0, 0.1) is 17.0 Å². The molecule has 1 aromatic carbocycles. The number of non-ortho nitro benzene ring substituents is 1. The first-order valence-corrected chi connectivity index (χ1v) is 5.60. The molecule has 2 rings (SSSR count). The topological polar surface area (TPSA) is 77.9 Å². The zero-order chi connectivity index (χ0) is 13.7. The van der Waals surface area contributed by atoms with Gasteiger partial charge < -0.3 is 9.25 Å². The molecule has 0 spiro atoms. The van der Waals surface area contributed by atoms with Crippen LogP contribution in [0.1, 0.15) is 17.1 Å². The first-order valence-electron chi connectivity index (χ1n) is 5.60. The van der Waals surface area contributed by atoms with Crippen molar-refractivity contribution in [2.75, 3.05) is 0 Å². The molecule has 0 saturated carbocycles. The second-order valence-electron chi connectivity index (χ2n) is 3.88. The number of aryl methyl sites for hydroxylation is 1. The van der Waals surface area contributed by atoms with Gasteiger partial charge in [0.25, 0.3) is 5.69 Å². The van der Waals surface area contributed by atoms with Crippen molar-refractivity contribution in [3.63, 3.8) is 0 Å². The third kappa shape index (κ3) is 3.67. The first-order chi connectivity index (χ1) is 9.15. The van der Waals surface area contributed by atoms with E-state index in [1.165, 1.54) is 18.3 Å². The van der Waals surface area contributed by atoms with Crippen LogP contribution in [-0.2, 0) is 11.4 Å². The summed E-state index contributed by atoms with van der Waals surface area (Å²) in [5, 5.41) is 14.3. The standard InChI is InChI=1S/C13H12N2O4/c1-10-5-6-13(19-10)8-14-18-9-11-3-2-4-12(7-11)15(16)17/h2-8H,9H2,1H3/b14-8-. The van der Waals surface area contributed by atoms with Gasteiger partial charge in [0.1, 0.15) is 24.3 Å². The summed E-state index contributed by atoms with van der Waals surface area (Å²) in [5.41, 5.74) is 0.716. The number of oxime groups is 1. The van der Waals surface area contributed by atoms with Crippen LogP contribution in [-0.4, -0.2) is 11.1 Å². The Morgan fingerprint density at radius 3 is 2.95 bits per heavy atom. The molecule has 0 bridgehead atoms. The summed E-state index contributed by atoms with van der Waals surface area (Å²) in [6, 6.07) is 9.82. The van der Waals surface area contributed by atoms with Crippen molar-refractivity contribution < 1.29 is 14.2 Å². The van der Waals surface area contributed by atoms with Crippen LogP contribution in [0.25, 0.3) is 0 Å². The molecule has 1 aromatic heterocycles. The highest BCUT2D eigenvalue weighted by atomic mass is 16.6. The molecule has 0 unspecified atom stereocenters. The van der Waals surface area contributed by atoms with Crippen molar-refractivity contribution in [1.82, 2.24) is 0 Å². The molecular formula is C13H12N2O4. The van der Waals surface area contributed by atoms with E-state index in [9.17, 15) is 10.1 Å². The Morgan fingerprint density at radius 1 is 1.42 bits per heavy atom. The largest absolute Gasteiger partial charge is 0.460 e. The molecule has 0 atom stereocenters. The van der Waals surface area contributed by atoms with Gasteiger partial charge in [-0.3, -0.25) is 10.1 Å². The number of nitro benzene ring substituents is 1. The van der Waals surface area contributed by atoms with Crippen molar-refractivity contribution in [2.24, 2.45) is 5.16 Å². The Kier molecular flexibility index (Phi) is 3.92. The average Bonchev–Trinajstić information content (AvgIpc) is 2.81. The fourth-order valence-corrected chi connectivity index (χ4v) is 1.48. The second-order valence-corrected chi connectivity index (χ2v) is 3.88. The molecule has 19 heavy (non-hydrogen) atoms. The first kappa shape index (κ1) is 12.8. The van der Waals surface area contributed by atoms with Crippen molar-refractivity contribution in [1.29, 1.82) is 0 Å². The molecule has 0 radical (unpaired) electrons. The van der Waals surface area contributed by atoms with E-state index >= 15 is 0 Å². The normalized spacial score (nSPS) is 10.8. The van der Waals surface area contributed by atoms with Crippen LogP contribution in [0.3, 0.4) is 0 Å². The van der Waals surface area contributed by atoms with Crippen LogP contribution in [0.5, 0.6) is 0 Å². The van der Waals surface area contributed by atoms with Gasteiger partial charge in [-0.25, -0.2) is 0 Å². The highest BCUT2D eigenvalue weighted by Crippen LogP contribution is 2.13. The lowest BCUT2D eigenvalue weighted by Gasteiger charge is -1.99. The summed E-state index contributed by atoms with van der Waals surface area (Å²) in [6.07, 6.45) is 1.45. The maximum atomic E-state index is 10.6. The summed E-state index contributed by atoms with van der Waals surface area (Å²) in [7, 11) is 0. The number of rotatable bonds is 5. The molecule has 0 fully saturated rings. The van der Waals surface area contributed by atoms with Gasteiger partial charge in [0.15, 0.2) is 0 Å². The number of nitrogens with zero attached hydrogens (tertiary/aromatic N) is 2. The van der Waals surface area contributed by atoms with E-state index in [1.807, 2.05) is 13.0 Å². The van der Waals surface area contributed by atoms with E-state index in [2.05, 4.69) is 5.16 Å². The lowest BCUT2D eigenvalue weighted by molar-refractivity contribution is -0.384. The molecule has 0 N–H and O–H groups in total. The minimum absolute atomic E-state index is 0.0340. The van der Waals surface area contributed by atoms with Crippen LogP contribution in [0.15, 0.2) is 46.0 Å². The van der Waals surface area contributed by atoms with Gasteiger partial charge >= 0.3 is 0 Å². The zero-order valence-corrected chi connectivity index (χ0v) is 10.3. The summed E-state index contributed by atoms with van der Waals surface area (Å²) in [5.74, 6) is 1.39. The Labute approximate surface area is 109 Å². The van der Waals surface area contributed by atoms with Crippen molar-refractivity contribution in [3.05, 3.63) is 63.6 Å². The Hall–Kier alpha value is -2.63. The van der Waals surface area contributed by atoms with Crippen molar-refractivity contribution in [2.45, 2.75) is 13.5 Å². The molecule has 0 saturated heterocycles. The predicted octanol–water partition coefficient (Wildman–Crippen LogP) is 3.05. The van der Waals surface area contributed by atoms with E-state index in [1.54, 1.807) is 18.2 Å². The predicted molar refractivity (Wildman–Crippen MR) is 68.9 cm³/mol. The molecule has 0 aliphatic rings. The van der Waals surface area contributed by atoms with E-state index in [0.717, 1.165) is 5.76 Å². The SMILES string of the molecule is Cc1ccc(/C=N\OCc2cccc([N+](=O)[O-])c2)o1. The molecule has 0 amide bonds. The lowest BCUT2D eigenvalue weighted by Crippen LogP contribution is -1.92. The van der Waals surface area contributed by atoms with Crippen LogP contribution >= 0.6 is 0 Å². The molecule has 0 aliphatic carbocycles. The van der Waals surface area contributed by atoms with Gasteiger partial charge in [-0.15, -0.1) is 0 Å². The van der Waals surface area contributed by atoms with Gasteiger partial charge in [-0.2, -0.15) is 0 Å². The van der Waals surface area contributed by atoms with Gasteiger partial charge in [0.2, 0.25) is 0 Å². The highest BCUT2D eigenvalue weighted by molar-refractivity contribution is 5.75. The molecule has 2 aromatic rings. The summed E-state index contributed by atoms with van der Waals surface area (Å²) in [6.45, 7) is 2.00. The van der Waals surface area contributed by atoms with Crippen molar-refractivity contribution >= 4 is 11.9 Å². The van der Waals surface area contributed by atoms with Crippen LogP contribution < -0.4 is 0 Å². The third-order valence-corrected chi connectivity index (χ3v) is 2.37. The minimum Gasteiger partial charge on any atom is -0.460 e. The second kappa shape index (κ2) is 5.81. The minimum atomic E-state index is -0.446. The molecule has 1 heterocycles. The summed E-state index contributed by atoms with van der Waals surface area (Å²) in [4.78, 5) is 15.2. The van der Waals surface area contributed by atoms with Crippen molar-refractivity contribution in [3.8, 4) is 0 Å². The number of hydrogen-bond donors (Lipinski definition) is 0. The molecule has 6 nitrogen and oxygen atoms in total. The molecule has 6 heteroatoms. The lowest BCUT2D eigenvalue weighted by atomic mass is 10.2. The van der Waals surface area contributed by atoms with Gasteiger partial charge in [0.05, 0.1) is 4.92 Å². The Morgan fingerprint density at radius 2 is 2.26 bits per heavy atom. The number of hydrogen-bond acceptors (Lipinski definition) is 5.